The van der Waals surface area contributed by atoms with E-state index in [0.717, 1.165) is 18.1 Å². The smallest absolute Gasteiger partial charge is 0.269 e. The number of hydrazine groups is 1. The minimum absolute atomic E-state index is 0.0748. The Morgan fingerprint density at radius 2 is 2.00 bits per heavy atom. The van der Waals surface area contributed by atoms with Gasteiger partial charge in [0.1, 0.15) is 5.84 Å². The summed E-state index contributed by atoms with van der Waals surface area (Å²) in [4.78, 5) is 14.4. The summed E-state index contributed by atoms with van der Waals surface area (Å²) < 4.78 is 0. The van der Waals surface area contributed by atoms with Crippen LogP contribution in [0.5, 0.6) is 0 Å². The summed E-state index contributed by atoms with van der Waals surface area (Å²) in [6.45, 7) is 6.82. The van der Waals surface area contributed by atoms with E-state index in [1.165, 1.54) is 12.1 Å². The fraction of sp³-hybridized carbons (Fsp3) is 0.417. The summed E-state index contributed by atoms with van der Waals surface area (Å²) in [5, 5.41) is 10.5. The molecule has 0 bridgehead atoms. The summed E-state index contributed by atoms with van der Waals surface area (Å²) in [6.07, 6.45) is 0. The molecule has 0 aliphatic rings. The van der Waals surface area contributed by atoms with Gasteiger partial charge in [0.25, 0.3) is 5.69 Å². The summed E-state index contributed by atoms with van der Waals surface area (Å²) in [5.41, 5.74) is 6.69. The molecule has 0 amide bonds. The molecule has 0 heterocycles. The highest BCUT2D eigenvalue weighted by Gasteiger charge is 2.03. The predicted octanol–water partition coefficient (Wildman–Crippen LogP) is 2.59. The SMILES string of the molecule is CC(=NCC(C)C)NNc1ccc([N+](=O)[O-])cc1. The average Bonchev–Trinajstić information content (AvgIpc) is 2.34. The normalized spacial score (nSPS) is 11.4. The van der Waals surface area contributed by atoms with Gasteiger partial charge in [-0.1, -0.05) is 13.8 Å². The van der Waals surface area contributed by atoms with Crippen LogP contribution in [0.15, 0.2) is 29.3 Å². The highest BCUT2D eigenvalue weighted by atomic mass is 16.6. The molecule has 0 atom stereocenters. The molecule has 1 aromatic carbocycles. The highest BCUT2D eigenvalue weighted by molar-refractivity contribution is 5.80. The molecule has 0 unspecified atom stereocenters. The van der Waals surface area contributed by atoms with E-state index >= 15 is 0 Å². The van der Waals surface area contributed by atoms with Gasteiger partial charge in [-0.3, -0.25) is 26.0 Å². The minimum atomic E-state index is -0.424. The number of hydrogen-bond donors (Lipinski definition) is 2. The van der Waals surface area contributed by atoms with Crippen LogP contribution in [0.2, 0.25) is 0 Å². The van der Waals surface area contributed by atoms with Crippen molar-refractivity contribution in [1.29, 1.82) is 0 Å². The summed E-state index contributed by atoms with van der Waals surface area (Å²) in [5.74, 6) is 1.29. The summed E-state index contributed by atoms with van der Waals surface area (Å²) in [7, 11) is 0. The Morgan fingerprint density at radius 1 is 1.39 bits per heavy atom. The fourth-order valence-corrected chi connectivity index (χ4v) is 1.19. The monoisotopic (exact) mass is 250 g/mol. The predicted molar refractivity (Wildman–Crippen MR) is 72.7 cm³/mol. The van der Waals surface area contributed by atoms with Crippen molar-refractivity contribution in [2.45, 2.75) is 20.8 Å². The Labute approximate surface area is 106 Å². The number of nitrogens with zero attached hydrogens (tertiary/aromatic N) is 2. The molecule has 0 saturated heterocycles. The van der Waals surface area contributed by atoms with E-state index in [-0.39, 0.29) is 5.69 Å². The molecule has 18 heavy (non-hydrogen) atoms. The third-order valence-corrected chi connectivity index (χ3v) is 2.16. The van der Waals surface area contributed by atoms with Gasteiger partial charge in [0.05, 0.1) is 10.6 Å². The van der Waals surface area contributed by atoms with Crippen LogP contribution in [-0.2, 0) is 0 Å². The first-order valence-corrected chi connectivity index (χ1v) is 5.76. The Morgan fingerprint density at radius 3 is 2.50 bits per heavy atom. The van der Waals surface area contributed by atoms with Gasteiger partial charge in [-0.15, -0.1) is 0 Å². The standard InChI is InChI=1S/C12H18N4O2/c1-9(2)8-13-10(3)14-15-11-4-6-12(7-5-11)16(17)18/h4-7,9,15H,8H2,1-3H3,(H,13,14). The number of anilines is 1. The topological polar surface area (TPSA) is 79.6 Å². The zero-order chi connectivity index (χ0) is 13.5. The van der Waals surface area contributed by atoms with Crippen LogP contribution in [0.1, 0.15) is 20.8 Å². The highest BCUT2D eigenvalue weighted by Crippen LogP contribution is 2.14. The van der Waals surface area contributed by atoms with Gasteiger partial charge in [0, 0.05) is 18.7 Å². The number of hydrogen-bond acceptors (Lipinski definition) is 4. The lowest BCUT2D eigenvalue weighted by Crippen LogP contribution is -2.27. The lowest BCUT2D eigenvalue weighted by atomic mass is 10.2. The van der Waals surface area contributed by atoms with Crippen molar-refractivity contribution in [3.8, 4) is 0 Å². The maximum atomic E-state index is 10.5. The van der Waals surface area contributed by atoms with Gasteiger partial charge >= 0.3 is 0 Å². The summed E-state index contributed by atoms with van der Waals surface area (Å²) >= 11 is 0. The van der Waals surface area contributed by atoms with Crippen molar-refractivity contribution < 1.29 is 4.92 Å². The molecule has 0 aromatic heterocycles. The maximum absolute atomic E-state index is 10.5. The number of nitro benzene ring substituents is 1. The molecular weight excluding hydrogens is 232 g/mol. The molecule has 1 aromatic rings. The van der Waals surface area contributed by atoms with Gasteiger partial charge in [0.2, 0.25) is 0 Å². The number of nitrogens with one attached hydrogen (secondary N) is 2. The van der Waals surface area contributed by atoms with Crippen LogP contribution >= 0.6 is 0 Å². The number of amidine groups is 1. The molecule has 0 radical (unpaired) electrons. The number of aliphatic imine (C=N–C) groups is 1. The molecule has 0 spiro atoms. The zero-order valence-electron chi connectivity index (χ0n) is 10.8. The Kier molecular flexibility index (Phi) is 5.10. The maximum Gasteiger partial charge on any atom is 0.269 e. The first kappa shape index (κ1) is 14.0. The van der Waals surface area contributed by atoms with E-state index in [0.29, 0.717) is 5.92 Å². The molecule has 0 saturated carbocycles. The first-order chi connectivity index (χ1) is 8.49. The number of rotatable bonds is 5. The van der Waals surface area contributed by atoms with Gasteiger partial charge in [-0.05, 0) is 25.0 Å². The Balaban J connectivity index is 2.48. The number of benzene rings is 1. The van der Waals surface area contributed by atoms with Crippen LogP contribution in [0.3, 0.4) is 0 Å². The van der Waals surface area contributed by atoms with Crippen LogP contribution in [0.25, 0.3) is 0 Å². The van der Waals surface area contributed by atoms with E-state index in [4.69, 9.17) is 0 Å². The quantitative estimate of drug-likeness (QED) is 0.364. The largest absolute Gasteiger partial charge is 0.300 e. The van der Waals surface area contributed by atoms with Gasteiger partial charge in [0.15, 0.2) is 0 Å². The van der Waals surface area contributed by atoms with E-state index in [9.17, 15) is 10.1 Å². The van der Waals surface area contributed by atoms with Crippen molar-refractivity contribution in [2.24, 2.45) is 10.9 Å². The molecule has 6 heteroatoms. The fourth-order valence-electron chi connectivity index (χ4n) is 1.19. The molecule has 0 aliphatic carbocycles. The van der Waals surface area contributed by atoms with E-state index in [1.807, 2.05) is 6.92 Å². The van der Waals surface area contributed by atoms with E-state index < -0.39 is 4.92 Å². The summed E-state index contributed by atoms with van der Waals surface area (Å²) in [6, 6.07) is 6.18. The Bertz CT molecular complexity index is 426. The van der Waals surface area contributed by atoms with Crippen LogP contribution in [0, 0.1) is 16.0 Å². The van der Waals surface area contributed by atoms with E-state index in [2.05, 4.69) is 29.7 Å². The third kappa shape index (κ3) is 4.82. The first-order valence-electron chi connectivity index (χ1n) is 5.76. The van der Waals surface area contributed by atoms with Crippen LogP contribution < -0.4 is 10.9 Å². The molecule has 6 nitrogen and oxygen atoms in total. The van der Waals surface area contributed by atoms with Gasteiger partial charge in [-0.2, -0.15) is 0 Å². The third-order valence-electron chi connectivity index (χ3n) is 2.16. The molecule has 2 N–H and O–H groups in total. The zero-order valence-corrected chi connectivity index (χ0v) is 10.8. The molecule has 98 valence electrons. The lowest BCUT2D eigenvalue weighted by Gasteiger charge is -2.09. The molecule has 0 fully saturated rings. The average molecular weight is 250 g/mol. The van der Waals surface area contributed by atoms with Crippen molar-refractivity contribution in [3.63, 3.8) is 0 Å². The number of non-ortho nitro benzene ring substituents is 1. The van der Waals surface area contributed by atoms with Crippen molar-refractivity contribution in [2.75, 3.05) is 12.0 Å². The van der Waals surface area contributed by atoms with Crippen molar-refractivity contribution >= 4 is 17.2 Å². The van der Waals surface area contributed by atoms with Gasteiger partial charge in [-0.25, -0.2) is 0 Å². The van der Waals surface area contributed by atoms with Crippen molar-refractivity contribution in [1.82, 2.24) is 5.43 Å². The molecule has 0 aliphatic heterocycles. The lowest BCUT2D eigenvalue weighted by molar-refractivity contribution is -0.384. The Hall–Kier alpha value is -2.11. The molecule has 1 rings (SSSR count). The second kappa shape index (κ2) is 6.58. The molecular formula is C12H18N4O2. The minimum Gasteiger partial charge on any atom is -0.300 e. The van der Waals surface area contributed by atoms with Crippen LogP contribution in [0.4, 0.5) is 11.4 Å². The second-order valence-electron chi connectivity index (χ2n) is 4.37. The number of nitro groups is 1. The van der Waals surface area contributed by atoms with Crippen molar-refractivity contribution in [3.05, 3.63) is 34.4 Å². The second-order valence-corrected chi connectivity index (χ2v) is 4.37. The van der Waals surface area contributed by atoms with Gasteiger partial charge < -0.3 is 0 Å². The van der Waals surface area contributed by atoms with Crippen LogP contribution in [-0.4, -0.2) is 17.3 Å². The van der Waals surface area contributed by atoms with E-state index in [1.54, 1.807) is 12.1 Å².